The summed E-state index contributed by atoms with van der Waals surface area (Å²) in [5, 5.41) is 5.18. The van der Waals surface area contributed by atoms with E-state index in [1.165, 1.54) is 10.4 Å². The number of aromatic nitrogens is 1. The molecule has 0 fully saturated rings. The fourth-order valence-electron chi connectivity index (χ4n) is 1.49. The number of nitrogens with one attached hydrogen (secondary N) is 1. The van der Waals surface area contributed by atoms with Crippen molar-refractivity contribution in [2.75, 3.05) is 5.32 Å². The highest BCUT2D eigenvalue weighted by Crippen LogP contribution is 2.18. The Labute approximate surface area is 103 Å². The van der Waals surface area contributed by atoms with Crippen LogP contribution in [0, 0.1) is 6.92 Å². The molecule has 2 aromatic heterocycles. The van der Waals surface area contributed by atoms with Crippen molar-refractivity contribution in [1.29, 1.82) is 0 Å². The van der Waals surface area contributed by atoms with E-state index in [2.05, 4.69) is 23.3 Å². The molecule has 88 valence electrons. The highest BCUT2D eigenvalue weighted by Gasteiger charge is 2.08. The highest BCUT2D eigenvalue weighted by atomic mass is 32.1. The molecule has 1 amide bonds. The van der Waals surface area contributed by atoms with E-state index < -0.39 is 5.91 Å². The number of carbonyl (C=O) groups is 1. The zero-order valence-corrected chi connectivity index (χ0v) is 10.3. The van der Waals surface area contributed by atoms with Crippen LogP contribution in [0.2, 0.25) is 0 Å². The lowest BCUT2D eigenvalue weighted by Crippen LogP contribution is -2.15. The van der Waals surface area contributed by atoms with Gasteiger partial charge in [-0.1, -0.05) is 0 Å². The topological polar surface area (TPSA) is 68.0 Å². The number of anilines is 1. The van der Waals surface area contributed by atoms with Crippen LogP contribution in [0.15, 0.2) is 29.8 Å². The van der Waals surface area contributed by atoms with Crippen molar-refractivity contribution < 1.29 is 4.79 Å². The molecule has 0 saturated carbocycles. The fraction of sp³-hybridized carbons (Fsp3) is 0.167. The third-order valence-electron chi connectivity index (χ3n) is 2.46. The van der Waals surface area contributed by atoms with Gasteiger partial charge in [0.05, 0.1) is 12.1 Å². The zero-order chi connectivity index (χ0) is 12.3. The van der Waals surface area contributed by atoms with Crippen molar-refractivity contribution in [2.24, 2.45) is 5.73 Å². The van der Waals surface area contributed by atoms with Crippen LogP contribution in [-0.4, -0.2) is 10.9 Å². The van der Waals surface area contributed by atoms with Gasteiger partial charge in [0.2, 0.25) is 0 Å². The minimum Gasteiger partial charge on any atom is -0.365 e. The standard InChI is InChI=1S/C12H13N3OS/c1-8-4-6-17-10(8)7-15-12-9(11(13)16)3-2-5-14-12/h2-6H,7H2,1H3,(H2,13,16)(H,14,15). The van der Waals surface area contributed by atoms with Crippen LogP contribution in [0.3, 0.4) is 0 Å². The molecule has 2 aromatic rings. The normalized spacial score (nSPS) is 10.2. The Morgan fingerprint density at radius 1 is 1.53 bits per heavy atom. The van der Waals surface area contributed by atoms with E-state index in [-0.39, 0.29) is 0 Å². The molecule has 0 bridgehead atoms. The van der Waals surface area contributed by atoms with Gasteiger partial charge in [-0.25, -0.2) is 4.98 Å². The van der Waals surface area contributed by atoms with Gasteiger partial charge in [-0.15, -0.1) is 11.3 Å². The SMILES string of the molecule is Cc1ccsc1CNc1ncccc1C(N)=O. The van der Waals surface area contributed by atoms with Crippen molar-refractivity contribution >= 4 is 23.1 Å². The molecule has 0 atom stereocenters. The molecule has 4 nitrogen and oxygen atoms in total. The van der Waals surface area contributed by atoms with Crippen LogP contribution in [0.25, 0.3) is 0 Å². The third-order valence-corrected chi connectivity index (χ3v) is 3.48. The summed E-state index contributed by atoms with van der Waals surface area (Å²) in [6, 6.07) is 5.43. The summed E-state index contributed by atoms with van der Waals surface area (Å²) in [6.45, 7) is 2.71. The lowest BCUT2D eigenvalue weighted by atomic mass is 10.2. The largest absolute Gasteiger partial charge is 0.365 e. The third kappa shape index (κ3) is 2.62. The summed E-state index contributed by atoms with van der Waals surface area (Å²) in [7, 11) is 0. The van der Waals surface area contributed by atoms with Crippen molar-refractivity contribution in [3.63, 3.8) is 0 Å². The minimum absolute atomic E-state index is 0.418. The number of thiophene rings is 1. The number of pyridine rings is 1. The molecule has 2 heterocycles. The van der Waals surface area contributed by atoms with Crippen molar-refractivity contribution in [3.05, 3.63) is 45.8 Å². The first kappa shape index (κ1) is 11.6. The highest BCUT2D eigenvalue weighted by molar-refractivity contribution is 7.10. The van der Waals surface area contributed by atoms with E-state index in [4.69, 9.17) is 5.73 Å². The number of primary amides is 1. The average Bonchev–Trinajstić information content (AvgIpc) is 2.72. The summed E-state index contributed by atoms with van der Waals surface area (Å²) >= 11 is 1.68. The fourth-order valence-corrected chi connectivity index (χ4v) is 2.34. The lowest BCUT2D eigenvalue weighted by Gasteiger charge is -2.08. The van der Waals surface area contributed by atoms with Gasteiger partial charge in [0.15, 0.2) is 0 Å². The van der Waals surface area contributed by atoms with Crippen LogP contribution in [-0.2, 0) is 6.54 Å². The number of hydrogen-bond donors (Lipinski definition) is 2. The Morgan fingerprint density at radius 3 is 3.00 bits per heavy atom. The Bertz CT molecular complexity index is 536. The number of hydrogen-bond acceptors (Lipinski definition) is 4. The van der Waals surface area contributed by atoms with Gasteiger partial charge in [0.1, 0.15) is 5.82 Å². The quantitative estimate of drug-likeness (QED) is 0.870. The molecule has 0 aromatic carbocycles. The van der Waals surface area contributed by atoms with Crippen molar-refractivity contribution in [2.45, 2.75) is 13.5 Å². The summed E-state index contributed by atoms with van der Waals surface area (Å²) < 4.78 is 0. The molecule has 5 heteroatoms. The number of aryl methyl sites for hydroxylation is 1. The Kier molecular flexibility index (Phi) is 3.39. The lowest BCUT2D eigenvalue weighted by molar-refractivity contribution is 0.100. The second-order valence-electron chi connectivity index (χ2n) is 3.64. The predicted molar refractivity (Wildman–Crippen MR) is 69.1 cm³/mol. The van der Waals surface area contributed by atoms with Crippen LogP contribution >= 0.6 is 11.3 Å². The van der Waals surface area contributed by atoms with Gasteiger partial charge in [0, 0.05) is 11.1 Å². The number of nitrogens with two attached hydrogens (primary N) is 1. The molecule has 0 aliphatic heterocycles. The molecule has 0 aliphatic rings. The molecule has 0 aliphatic carbocycles. The van der Waals surface area contributed by atoms with E-state index in [0.29, 0.717) is 17.9 Å². The monoisotopic (exact) mass is 247 g/mol. The molecule has 2 rings (SSSR count). The van der Waals surface area contributed by atoms with Crippen molar-refractivity contribution in [3.8, 4) is 0 Å². The molecular formula is C12H13N3OS. The molecule has 0 unspecified atom stereocenters. The molecule has 0 spiro atoms. The van der Waals surface area contributed by atoms with E-state index in [0.717, 1.165) is 0 Å². The van der Waals surface area contributed by atoms with Crippen LogP contribution in [0.1, 0.15) is 20.8 Å². The molecular weight excluding hydrogens is 234 g/mol. The minimum atomic E-state index is -0.469. The van der Waals surface area contributed by atoms with Gasteiger partial charge < -0.3 is 11.1 Å². The first-order valence-corrected chi connectivity index (χ1v) is 6.08. The van der Waals surface area contributed by atoms with E-state index in [1.807, 2.05) is 5.38 Å². The molecule has 17 heavy (non-hydrogen) atoms. The molecule has 3 N–H and O–H groups in total. The average molecular weight is 247 g/mol. The number of amides is 1. The van der Waals surface area contributed by atoms with Crippen LogP contribution in [0.4, 0.5) is 5.82 Å². The summed E-state index contributed by atoms with van der Waals surface area (Å²) in [5.41, 5.74) is 6.93. The van der Waals surface area contributed by atoms with Gasteiger partial charge in [0.25, 0.3) is 5.91 Å². The van der Waals surface area contributed by atoms with Gasteiger partial charge in [-0.05, 0) is 36.1 Å². The maximum atomic E-state index is 11.2. The summed E-state index contributed by atoms with van der Waals surface area (Å²) in [5.74, 6) is 0.0660. The maximum Gasteiger partial charge on any atom is 0.252 e. The number of nitrogens with zero attached hydrogens (tertiary/aromatic N) is 1. The smallest absolute Gasteiger partial charge is 0.252 e. The summed E-state index contributed by atoms with van der Waals surface area (Å²) in [4.78, 5) is 16.5. The van der Waals surface area contributed by atoms with Gasteiger partial charge in [-0.2, -0.15) is 0 Å². The Balaban J connectivity index is 2.14. The van der Waals surface area contributed by atoms with Crippen molar-refractivity contribution in [1.82, 2.24) is 4.98 Å². The Hall–Kier alpha value is -1.88. The second kappa shape index (κ2) is 4.97. The zero-order valence-electron chi connectivity index (χ0n) is 9.43. The van der Waals surface area contributed by atoms with E-state index >= 15 is 0 Å². The second-order valence-corrected chi connectivity index (χ2v) is 4.64. The van der Waals surface area contributed by atoms with Crippen LogP contribution in [0.5, 0.6) is 0 Å². The Morgan fingerprint density at radius 2 is 2.35 bits per heavy atom. The molecule has 0 saturated heterocycles. The van der Waals surface area contributed by atoms with E-state index in [1.54, 1.807) is 29.7 Å². The maximum absolute atomic E-state index is 11.2. The number of rotatable bonds is 4. The van der Waals surface area contributed by atoms with Gasteiger partial charge in [-0.3, -0.25) is 4.79 Å². The summed E-state index contributed by atoms with van der Waals surface area (Å²) in [6.07, 6.45) is 1.63. The number of carbonyl (C=O) groups excluding carboxylic acids is 1. The first-order chi connectivity index (χ1) is 8.18. The molecule has 0 radical (unpaired) electrons. The predicted octanol–water partition coefficient (Wildman–Crippen LogP) is 2.16. The van der Waals surface area contributed by atoms with E-state index in [9.17, 15) is 4.79 Å². The van der Waals surface area contributed by atoms with Crippen LogP contribution < -0.4 is 11.1 Å². The first-order valence-electron chi connectivity index (χ1n) is 5.20. The van der Waals surface area contributed by atoms with Gasteiger partial charge >= 0.3 is 0 Å².